The third kappa shape index (κ3) is 6.80. The number of ether oxygens (including phenoxy) is 1. The normalized spacial score (nSPS) is 15.7. The highest BCUT2D eigenvalue weighted by Crippen LogP contribution is 2.13. The Labute approximate surface area is 176 Å². The van der Waals surface area contributed by atoms with Crippen molar-refractivity contribution in [1.82, 2.24) is 15.5 Å². The van der Waals surface area contributed by atoms with Crippen LogP contribution in [0.4, 0.5) is 4.39 Å². The Morgan fingerprint density at radius 2 is 1.86 bits per heavy atom. The minimum Gasteiger partial charge on any atom is -0.376 e. The molecular weight excluding hydrogens is 389 g/mol. The first kappa shape index (κ1) is 21.2. The van der Waals surface area contributed by atoms with Gasteiger partial charge in [0.25, 0.3) is 0 Å². The minimum atomic E-state index is -0.275. The van der Waals surface area contributed by atoms with Crippen LogP contribution in [0, 0.1) is 5.82 Å². The van der Waals surface area contributed by atoms with E-state index in [4.69, 9.17) is 17.0 Å². The molecule has 154 valence electrons. The van der Waals surface area contributed by atoms with Crippen LogP contribution in [0.25, 0.3) is 0 Å². The van der Waals surface area contributed by atoms with E-state index >= 15 is 0 Å². The third-order valence-corrected chi connectivity index (χ3v) is 5.18. The van der Waals surface area contributed by atoms with E-state index < -0.39 is 0 Å². The molecule has 2 N–H and O–H groups in total. The fourth-order valence-corrected chi connectivity index (χ4v) is 3.40. The van der Waals surface area contributed by atoms with Crippen LogP contribution in [0.1, 0.15) is 24.0 Å². The van der Waals surface area contributed by atoms with Crippen molar-refractivity contribution in [3.63, 3.8) is 0 Å². The van der Waals surface area contributed by atoms with Crippen molar-refractivity contribution < 1.29 is 13.9 Å². The summed E-state index contributed by atoms with van der Waals surface area (Å²) in [7, 11) is 0. The summed E-state index contributed by atoms with van der Waals surface area (Å²) in [6.45, 7) is 2.15. The SMILES string of the molecule is O=C(CNC(=S)N(Cc1ccccc1)Cc1ccccc1F)NCC1CCCO1. The number of nitrogens with zero attached hydrogens (tertiary/aromatic N) is 1. The molecule has 0 bridgehead atoms. The van der Waals surface area contributed by atoms with Crippen molar-refractivity contribution in [3.05, 3.63) is 71.5 Å². The van der Waals surface area contributed by atoms with E-state index in [0.29, 0.717) is 30.3 Å². The van der Waals surface area contributed by atoms with Crippen LogP contribution >= 0.6 is 12.2 Å². The van der Waals surface area contributed by atoms with Crippen molar-refractivity contribution in [2.75, 3.05) is 19.7 Å². The van der Waals surface area contributed by atoms with Crippen LogP contribution in [0.2, 0.25) is 0 Å². The first-order valence-corrected chi connectivity index (χ1v) is 10.2. The van der Waals surface area contributed by atoms with E-state index in [2.05, 4.69) is 10.6 Å². The summed E-state index contributed by atoms with van der Waals surface area (Å²) in [5.74, 6) is -0.420. The Morgan fingerprint density at radius 1 is 1.10 bits per heavy atom. The van der Waals surface area contributed by atoms with Gasteiger partial charge in [-0.25, -0.2) is 4.39 Å². The number of halogens is 1. The van der Waals surface area contributed by atoms with Crippen LogP contribution in [0.3, 0.4) is 0 Å². The van der Waals surface area contributed by atoms with E-state index in [0.717, 1.165) is 25.0 Å². The zero-order chi connectivity index (χ0) is 20.5. The number of amides is 1. The topological polar surface area (TPSA) is 53.6 Å². The second kappa shape index (κ2) is 10.9. The minimum absolute atomic E-state index is 0.0636. The molecule has 1 unspecified atom stereocenters. The van der Waals surface area contributed by atoms with Gasteiger partial charge in [0.05, 0.1) is 12.6 Å². The third-order valence-electron chi connectivity index (χ3n) is 4.77. The van der Waals surface area contributed by atoms with Crippen LogP contribution < -0.4 is 10.6 Å². The largest absolute Gasteiger partial charge is 0.376 e. The van der Waals surface area contributed by atoms with Gasteiger partial charge in [-0.2, -0.15) is 0 Å². The molecule has 2 aromatic rings. The Hall–Kier alpha value is -2.51. The molecule has 1 saturated heterocycles. The zero-order valence-corrected chi connectivity index (χ0v) is 17.1. The number of carbonyl (C=O) groups is 1. The highest BCUT2D eigenvalue weighted by molar-refractivity contribution is 7.80. The van der Waals surface area contributed by atoms with Crippen LogP contribution in [-0.2, 0) is 22.6 Å². The lowest BCUT2D eigenvalue weighted by Gasteiger charge is -2.26. The van der Waals surface area contributed by atoms with Crippen LogP contribution in [0.5, 0.6) is 0 Å². The predicted molar refractivity (Wildman–Crippen MR) is 115 cm³/mol. The molecule has 1 heterocycles. The molecule has 1 aliphatic heterocycles. The fraction of sp³-hybridized carbons (Fsp3) is 0.364. The van der Waals surface area contributed by atoms with Gasteiger partial charge in [-0.3, -0.25) is 4.79 Å². The molecule has 7 heteroatoms. The zero-order valence-electron chi connectivity index (χ0n) is 16.3. The molecule has 1 aliphatic rings. The Balaban J connectivity index is 1.57. The lowest BCUT2D eigenvalue weighted by Crippen LogP contribution is -2.44. The smallest absolute Gasteiger partial charge is 0.239 e. The van der Waals surface area contributed by atoms with Crippen molar-refractivity contribution in [2.24, 2.45) is 0 Å². The highest BCUT2D eigenvalue weighted by atomic mass is 32.1. The fourth-order valence-electron chi connectivity index (χ4n) is 3.20. The lowest BCUT2D eigenvalue weighted by molar-refractivity contribution is -0.120. The van der Waals surface area contributed by atoms with Gasteiger partial charge >= 0.3 is 0 Å². The molecule has 0 spiro atoms. The average molecular weight is 416 g/mol. The van der Waals surface area contributed by atoms with Crippen molar-refractivity contribution in [2.45, 2.75) is 32.0 Å². The number of carbonyl (C=O) groups excluding carboxylic acids is 1. The molecule has 3 rings (SSSR count). The summed E-state index contributed by atoms with van der Waals surface area (Å²) in [5, 5.41) is 6.27. The van der Waals surface area contributed by atoms with Gasteiger partial charge in [-0.05, 0) is 36.7 Å². The molecule has 5 nitrogen and oxygen atoms in total. The summed E-state index contributed by atoms with van der Waals surface area (Å²) in [5.41, 5.74) is 1.60. The molecule has 0 radical (unpaired) electrons. The summed E-state index contributed by atoms with van der Waals surface area (Å²) in [6.07, 6.45) is 2.11. The Bertz CT molecular complexity index is 813. The first-order valence-electron chi connectivity index (χ1n) is 9.80. The highest BCUT2D eigenvalue weighted by Gasteiger charge is 2.17. The predicted octanol–water partition coefficient (Wildman–Crippen LogP) is 3.00. The molecule has 2 aromatic carbocycles. The molecule has 29 heavy (non-hydrogen) atoms. The molecular formula is C22H26FN3O2S. The molecule has 1 fully saturated rings. The van der Waals surface area contributed by atoms with E-state index in [1.807, 2.05) is 35.2 Å². The van der Waals surface area contributed by atoms with Crippen molar-refractivity contribution in [3.8, 4) is 0 Å². The van der Waals surface area contributed by atoms with Gasteiger partial charge in [0.15, 0.2) is 5.11 Å². The van der Waals surface area contributed by atoms with Gasteiger partial charge in [0.2, 0.25) is 5.91 Å². The van der Waals surface area contributed by atoms with Crippen LogP contribution in [0.15, 0.2) is 54.6 Å². The number of nitrogens with one attached hydrogen (secondary N) is 2. The quantitative estimate of drug-likeness (QED) is 0.650. The molecule has 0 saturated carbocycles. The van der Waals surface area contributed by atoms with Gasteiger partial charge in [0.1, 0.15) is 5.82 Å². The van der Waals surface area contributed by atoms with E-state index in [1.165, 1.54) is 6.07 Å². The monoisotopic (exact) mass is 415 g/mol. The second-order valence-electron chi connectivity index (χ2n) is 7.03. The first-order chi connectivity index (χ1) is 14.1. The summed E-state index contributed by atoms with van der Waals surface area (Å²) >= 11 is 5.51. The summed E-state index contributed by atoms with van der Waals surface area (Å²) in [6, 6.07) is 16.5. The number of benzene rings is 2. The maximum atomic E-state index is 14.1. The summed E-state index contributed by atoms with van der Waals surface area (Å²) in [4.78, 5) is 14.0. The molecule has 1 amide bonds. The van der Waals surface area contributed by atoms with Gasteiger partial charge in [-0.1, -0.05) is 48.5 Å². The molecule has 1 atom stereocenters. The second-order valence-corrected chi connectivity index (χ2v) is 7.42. The summed E-state index contributed by atoms with van der Waals surface area (Å²) < 4.78 is 19.7. The number of thiocarbonyl (C=S) groups is 1. The van der Waals surface area contributed by atoms with E-state index in [1.54, 1.807) is 18.2 Å². The van der Waals surface area contributed by atoms with E-state index in [9.17, 15) is 9.18 Å². The van der Waals surface area contributed by atoms with Gasteiger partial charge in [-0.15, -0.1) is 0 Å². The van der Waals surface area contributed by atoms with E-state index in [-0.39, 0.29) is 24.4 Å². The number of hydrogen-bond acceptors (Lipinski definition) is 3. The van der Waals surface area contributed by atoms with Gasteiger partial charge < -0.3 is 20.3 Å². The van der Waals surface area contributed by atoms with Crippen LogP contribution in [-0.4, -0.2) is 41.7 Å². The number of rotatable bonds is 8. The number of hydrogen-bond donors (Lipinski definition) is 2. The molecule has 0 aliphatic carbocycles. The Kier molecular flexibility index (Phi) is 7.95. The lowest BCUT2D eigenvalue weighted by atomic mass is 10.1. The van der Waals surface area contributed by atoms with Crippen molar-refractivity contribution >= 4 is 23.2 Å². The average Bonchev–Trinajstić information content (AvgIpc) is 3.26. The molecule has 0 aromatic heterocycles. The standard InChI is InChI=1S/C22H26FN3O2S/c23-20-11-5-4-9-18(20)16-26(15-17-7-2-1-3-8-17)22(29)25-14-21(27)24-13-19-10-6-12-28-19/h1-5,7-9,11,19H,6,10,12-16H2,(H,24,27)(H,25,29). The van der Waals surface area contributed by atoms with Crippen molar-refractivity contribution in [1.29, 1.82) is 0 Å². The maximum Gasteiger partial charge on any atom is 0.239 e. The maximum absolute atomic E-state index is 14.1. The van der Waals surface area contributed by atoms with Gasteiger partial charge in [0, 0.05) is 31.8 Å². The Morgan fingerprint density at radius 3 is 2.59 bits per heavy atom.